The third-order valence-corrected chi connectivity index (χ3v) is 11.4. The number of nitrogens with zero attached hydrogens (tertiary/aromatic N) is 1. The van der Waals surface area contributed by atoms with Gasteiger partial charge >= 0.3 is 12.1 Å². The van der Waals surface area contributed by atoms with Gasteiger partial charge in [-0.15, -0.1) is 0 Å². The van der Waals surface area contributed by atoms with Crippen LogP contribution in [0.4, 0.5) is 4.79 Å². The van der Waals surface area contributed by atoms with Crippen LogP contribution in [0.15, 0.2) is 0 Å². The van der Waals surface area contributed by atoms with Crippen LogP contribution in [-0.4, -0.2) is 115 Å². The highest BCUT2D eigenvalue weighted by Crippen LogP contribution is 2.38. The molecule has 4 fully saturated rings. The van der Waals surface area contributed by atoms with E-state index in [-0.39, 0.29) is 29.9 Å². The van der Waals surface area contributed by atoms with Crippen molar-refractivity contribution in [1.82, 2.24) is 15.5 Å². The number of ether oxygens (including phenoxy) is 5. The summed E-state index contributed by atoms with van der Waals surface area (Å²) in [6.45, 7) is 17.7. The number of esters is 1. The Labute approximate surface area is 281 Å². The van der Waals surface area contributed by atoms with Gasteiger partial charge in [0.05, 0.1) is 23.9 Å². The smallest absolute Gasteiger partial charge is 0.408 e. The number of hydrogen-bond donors (Lipinski definition) is 3. The fraction of sp³-hybridized carbons (Fsp3) is 0.914. The lowest BCUT2D eigenvalue weighted by atomic mass is 9.78. The Morgan fingerprint density at radius 2 is 1.74 bits per heavy atom. The third kappa shape index (κ3) is 8.32. The number of nitrogens with one attached hydrogen (secondary N) is 2. The number of carbonyl (C=O) groups is 3. The van der Waals surface area contributed by atoms with E-state index in [0.717, 1.165) is 13.1 Å². The molecular weight excluding hydrogens is 606 g/mol. The lowest BCUT2D eigenvalue weighted by Gasteiger charge is -2.46. The Balaban J connectivity index is 1.63. The van der Waals surface area contributed by atoms with Crippen LogP contribution in [0.1, 0.15) is 100 Å². The van der Waals surface area contributed by atoms with E-state index in [9.17, 15) is 19.5 Å². The van der Waals surface area contributed by atoms with E-state index in [1.807, 2.05) is 20.8 Å². The molecule has 0 aromatic carbocycles. The molecule has 3 N–H and O–H groups in total. The number of Topliss-reactive ketones (excluding diaryl/α,β-unsaturated/α-hetero) is 1. The quantitative estimate of drug-likeness (QED) is 0.283. The fourth-order valence-electron chi connectivity index (χ4n) is 8.32. The lowest BCUT2D eigenvalue weighted by molar-refractivity contribution is -0.293. The van der Waals surface area contributed by atoms with Crippen molar-refractivity contribution in [2.75, 3.05) is 26.7 Å². The zero-order valence-electron chi connectivity index (χ0n) is 30.1. The number of alkyl carbamates (subject to hydrolysis) is 1. The molecule has 0 saturated carbocycles. The van der Waals surface area contributed by atoms with Crippen LogP contribution in [0.5, 0.6) is 0 Å². The van der Waals surface area contributed by atoms with Gasteiger partial charge in [-0.3, -0.25) is 14.5 Å². The summed E-state index contributed by atoms with van der Waals surface area (Å²) in [5.74, 6) is -2.94. The minimum Gasteiger partial charge on any atom is -0.458 e. The van der Waals surface area contributed by atoms with E-state index in [0.29, 0.717) is 32.2 Å². The Bertz CT molecular complexity index is 1090. The van der Waals surface area contributed by atoms with Gasteiger partial charge in [-0.25, -0.2) is 4.79 Å². The highest BCUT2D eigenvalue weighted by Gasteiger charge is 2.55. The molecule has 12 heteroatoms. The maximum Gasteiger partial charge on any atom is 0.408 e. The molecule has 0 aromatic rings. The normalized spacial score (nSPS) is 43.9. The van der Waals surface area contributed by atoms with E-state index in [2.05, 4.69) is 29.4 Å². The van der Waals surface area contributed by atoms with E-state index < -0.39 is 65.7 Å². The largest absolute Gasteiger partial charge is 0.458 e. The van der Waals surface area contributed by atoms with E-state index in [4.69, 9.17) is 23.7 Å². The average molecular weight is 668 g/mol. The molecule has 0 radical (unpaired) electrons. The topological polar surface area (TPSA) is 145 Å². The summed E-state index contributed by atoms with van der Waals surface area (Å²) in [4.78, 5) is 42.7. The Morgan fingerprint density at radius 3 is 2.38 bits per heavy atom. The molecule has 4 aliphatic rings. The van der Waals surface area contributed by atoms with Crippen molar-refractivity contribution in [1.29, 1.82) is 0 Å². The average Bonchev–Trinajstić information content (AvgIpc) is 3.38. The third-order valence-electron chi connectivity index (χ3n) is 11.4. The summed E-state index contributed by atoms with van der Waals surface area (Å²) < 4.78 is 31.1. The number of likely N-dealkylation sites (tertiary alicyclic amines) is 1. The Morgan fingerprint density at radius 1 is 1.06 bits per heavy atom. The van der Waals surface area contributed by atoms with E-state index in [1.165, 1.54) is 19.3 Å². The number of rotatable bonds is 6. The van der Waals surface area contributed by atoms with Gasteiger partial charge in [-0.05, 0) is 98.7 Å². The first-order valence-corrected chi connectivity index (χ1v) is 17.9. The number of ketones is 1. The second kappa shape index (κ2) is 15.8. The van der Waals surface area contributed by atoms with Gasteiger partial charge in [0.2, 0.25) is 0 Å². The van der Waals surface area contributed by atoms with Crippen molar-refractivity contribution in [3.8, 4) is 0 Å². The van der Waals surface area contributed by atoms with Gasteiger partial charge in [0.1, 0.15) is 18.1 Å². The lowest BCUT2D eigenvalue weighted by Crippen LogP contribution is -2.60. The highest BCUT2D eigenvalue weighted by atomic mass is 16.7. The molecule has 13 atom stereocenters. The summed E-state index contributed by atoms with van der Waals surface area (Å²) in [6.07, 6.45) is 1.54. The molecule has 4 aliphatic heterocycles. The summed E-state index contributed by atoms with van der Waals surface area (Å²) in [5, 5.41) is 17.6. The molecule has 0 spiro atoms. The van der Waals surface area contributed by atoms with Crippen LogP contribution in [0.2, 0.25) is 0 Å². The number of hydrogen-bond acceptors (Lipinski definition) is 11. The molecule has 0 bridgehead atoms. The molecule has 0 aromatic heterocycles. The van der Waals surface area contributed by atoms with Crippen molar-refractivity contribution in [2.24, 2.45) is 17.8 Å². The number of aliphatic hydroxyl groups is 1. The standard InChI is InChI=1S/C35H61N3O9/c1-10-27-35(8)29(37-33(42)47-35)23(5)36-19-20(2)18-34(7,43-9)30(21(3)28(40)22(4)31(41)45-27)46-32-25(39)14-15-26(44-32)24(6)38-16-12-11-13-17-38/h20-27,29-30,32,36,39H,10-19H2,1-9H3,(H,37,42)/t20-,21+,22?,23-,24+,25-,26+,27-,29-,30-,32+,34-,35-/m1/s1. The van der Waals surface area contributed by atoms with Crippen LogP contribution < -0.4 is 10.6 Å². The molecule has 4 rings (SSSR count). The number of carbonyl (C=O) groups excluding carboxylic acids is 3. The van der Waals surface area contributed by atoms with Gasteiger partial charge in [0.25, 0.3) is 0 Å². The minimum absolute atomic E-state index is 0.0477. The van der Waals surface area contributed by atoms with Gasteiger partial charge in [-0.1, -0.05) is 27.2 Å². The number of methoxy groups -OCH3 is 1. The SMILES string of the molecule is CC[C@H]1OC(=O)C(C)C(=O)[C@H](C)[C@@H](O[C@@H]2O[C@H]([C@H](C)N3CCCCC3)CC[C@H]2O)[C@](C)(OC)C[C@@H](C)CN[C@H](C)[C@H]2NC(=O)O[C@@]21C. The predicted octanol–water partition coefficient (Wildman–Crippen LogP) is 3.57. The zero-order valence-corrected chi connectivity index (χ0v) is 30.1. The maximum atomic E-state index is 14.1. The number of fused-ring (bicyclic) bond motifs is 1. The first kappa shape index (κ1) is 38.0. The molecule has 0 aliphatic carbocycles. The minimum atomic E-state index is -1.14. The Kier molecular flexibility index (Phi) is 12.8. The highest BCUT2D eigenvalue weighted by molar-refractivity contribution is 6.00. The first-order chi connectivity index (χ1) is 22.1. The van der Waals surface area contributed by atoms with E-state index >= 15 is 0 Å². The molecule has 12 nitrogen and oxygen atoms in total. The van der Waals surface area contributed by atoms with Crippen molar-refractivity contribution in [3.05, 3.63) is 0 Å². The second-order valence-corrected chi connectivity index (χ2v) is 15.0. The van der Waals surface area contributed by atoms with Crippen LogP contribution in [-0.2, 0) is 33.3 Å². The van der Waals surface area contributed by atoms with Crippen molar-refractivity contribution < 1.29 is 43.2 Å². The van der Waals surface area contributed by atoms with Crippen LogP contribution in [0.25, 0.3) is 0 Å². The Hall–Kier alpha value is -1.83. The fourth-order valence-corrected chi connectivity index (χ4v) is 8.32. The zero-order chi connectivity index (χ0) is 34.7. The molecule has 4 saturated heterocycles. The summed E-state index contributed by atoms with van der Waals surface area (Å²) in [6, 6.07) is -0.542. The monoisotopic (exact) mass is 667 g/mol. The number of aliphatic hydroxyl groups excluding tert-OH is 1. The van der Waals surface area contributed by atoms with Gasteiger partial charge in [0.15, 0.2) is 17.7 Å². The van der Waals surface area contributed by atoms with Crippen molar-refractivity contribution in [2.45, 2.75) is 160 Å². The van der Waals surface area contributed by atoms with Gasteiger partial charge in [0, 0.05) is 25.1 Å². The van der Waals surface area contributed by atoms with Crippen LogP contribution in [0.3, 0.4) is 0 Å². The molecule has 47 heavy (non-hydrogen) atoms. The van der Waals surface area contributed by atoms with Crippen molar-refractivity contribution in [3.63, 3.8) is 0 Å². The first-order valence-electron chi connectivity index (χ1n) is 17.9. The second-order valence-electron chi connectivity index (χ2n) is 15.0. The predicted molar refractivity (Wildman–Crippen MR) is 176 cm³/mol. The van der Waals surface area contributed by atoms with Gasteiger partial charge < -0.3 is 39.4 Å². The number of cyclic esters (lactones) is 1. The van der Waals surface area contributed by atoms with E-state index in [1.54, 1.807) is 27.9 Å². The van der Waals surface area contributed by atoms with Crippen LogP contribution in [0, 0.1) is 17.8 Å². The summed E-state index contributed by atoms with van der Waals surface area (Å²) >= 11 is 0. The molecular formula is C35H61N3O9. The van der Waals surface area contributed by atoms with Gasteiger partial charge in [-0.2, -0.15) is 0 Å². The molecule has 1 amide bonds. The molecule has 270 valence electrons. The van der Waals surface area contributed by atoms with Crippen molar-refractivity contribution >= 4 is 17.8 Å². The molecule has 4 heterocycles. The van der Waals surface area contributed by atoms with Crippen LogP contribution >= 0.6 is 0 Å². The number of amides is 1. The maximum absolute atomic E-state index is 14.1. The number of piperidine rings is 1. The summed E-state index contributed by atoms with van der Waals surface area (Å²) in [5.41, 5.74) is -2.13. The summed E-state index contributed by atoms with van der Waals surface area (Å²) in [7, 11) is 1.60. The molecule has 1 unspecified atom stereocenters.